The van der Waals surface area contributed by atoms with Gasteiger partial charge in [0.05, 0.1) is 36.2 Å². The Kier molecular flexibility index (Phi) is 5.83. The SMILES string of the molecule is CO/N=C(/N)C1CN(c2c(F)cc3c(=O)c(C(=O)O)cn(C4CC4)c3c2OC)C/C1=N/OC. The molecule has 0 spiro atoms. The number of oxime groups is 2. The van der Waals surface area contributed by atoms with E-state index in [0.717, 1.165) is 18.9 Å². The number of rotatable bonds is 7. The van der Waals surface area contributed by atoms with Crippen LogP contribution in [0.1, 0.15) is 29.2 Å². The van der Waals surface area contributed by atoms with Crippen molar-refractivity contribution in [2.24, 2.45) is 22.0 Å². The molecule has 1 saturated heterocycles. The maximum Gasteiger partial charge on any atom is 0.341 e. The summed E-state index contributed by atoms with van der Waals surface area (Å²) in [6, 6.07) is 1.06. The molecule has 1 aliphatic heterocycles. The van der Waals surface area contributed by atoms with Gasteiger partial charge in [-0.15, -0.1) is 0 Å². The maximum absolute atomic E-state index is 15.5. The Morgan fingerprint density at radius 1 is 1.27 bits per heavy atom. The molecule has 1 saturated carbocycles. The van der Waals surface area contributed by atoms with E-state index in [-0.39, 0.29) is 41.8 Å². The number of benzene rings is 1. The van der Waals surface area contributed by atoms with Crippen LogP contribution in [0.25, 0.3) is 10.9 Å². The van der Waals surface area contributed by atoms with Gasteiger partial charge in [0, 0.05) is 18.8 Å². The van der Waals surface area contributed by atoms with E-state index in [0.29, 0.717) is 11.2 Å². The van der Waals surface area contributed by atoms with Crippen molar-refractivity contribution in [3.8, 4) is 5.75 Å². The molecule has 1 atom stereocenters. The number of hydrogen-bond donors (Lipinski definition) is 2. The van der Waals surface area contributed by atoms with Gasteiger partial charge in [0.15, 0.2) is 11.6 Å². The van der Waals surface area contributed by atoms with Gasteiger partial charge in [-0.25, -0.2) is 9.18 Å². The lowest BCUT2D eigenvalue weighted by atomic mass is 10.1. The summed E-state index contributed by atoms with van der Waals surface area (Å²) in [5.74, 6) is -2.32. The first-order valence-corrected chi connectivity index (χ1v) is 10.2. The van der Waals surface area contributed by atoms with Crippen LogP contribution in [0.4, 0.5) is 10.1 Å². The first-order valence-electron chi connectivity index (χ1n) is 10.2. The van der Waals surface area contributed by atoms with Crippen molar-refractivity contribution in [2.45, 2.75) is 18.9 Å². The Balaban J connectivity index is 1.93. The van der Waals surface area contributed by atoms with E-state index in [1.807, 2.05) is 0 Å². The van der Waals surface area contributed by atoms with Crippen LogP contribution in [-0.4, -0.2) is 61.6 Å². The summed E-state index contributed by atoms with van der Waals surface area (Å²) >= 11 is 0. The molecule has 1 unspecified atom stereocenters. The van der Waals surface area contributed by atoms with Crippen LogP contribution in [0.5, 0.6) is 5.75 Å². The molecule has 1 aliphatic carbocycles. The van der Waals surface area contributed by atoms with Gasteiger partial charge in [-0.05, 0) is 18.9 Å². The third-order valence-electron chi connectivity index (χ3n) is 5.81. The van der Waals surface area contributed by atoms with Crippen molar-refractivity contribution in [3.05, 3.63) is 33.9 Å². The van der Waals surface area contributed by atoms with Gasteiger partial charge in [-0.1, -0.05) is 10.3 Å². The predicted molar refractivity (Wildman–Crippen MR) is 119 cm³/mol. The number of methoxy groups -OCH3 is 1. The lowest BCUT2D eigenvalue weighted by molar-refractivity contribution is 0.0694. The Labute approximate surface area is 187 Å². The minimum Gasteiger partial charge on any atom is -0.492 e. The van der Waals surface area contributed by atoms with E-state index in [9.17, 15) is 14.7 Å². The minimum absolute atomic E-state index is 0.000154. The number of ether oxygens (including phenoxy) is 1. The fourth-order valence-corrected chi connectivity index (χ4v) is 4.23. The van der Waals surface area contributed by atoms with Gasteiger partial charge >= 0.3 is 5.97 Å². The van der Waals surface area contributed by atoms with E-state index >= 15 is 4.39 Å². The zero-order valence-corrected chi connectivity index (χ0v) is 18.4. The zero-order valence-electron chi connectivity index (χ0n) is 18.4. The normalized spacial score (nSPS) is 19.9. The number of carbonyl (C=O) groups is 1. The molecule has 12 heteroatoms. The summed E-state index contributed by atoms with van der Waals surface area (Å²) in [4.78, 5) is 35.8. The molecular weight excluding hydrogens is 437 g/mol. The highest BCUT2D eigenvalue weighted by molar-refractivity contribution is 6.10. The second kappa shape index (κ2) is 8.60. The van der Waals surface area contributed by atoms with Crippen molar-refractivity contribution < 1.29 is 28.7 Å². The van der Waals surface area contributed by atoms with Crippen LogP contribution >= 0.6 is 0 Å². The number of carboxylic acid groups (broad SMARTS) is 1. The molecule has 1 aromatic carbocycles. The van der Waals surface area contributed by atoms with E-state index in [1.54, 1.807) is 9.47 Å². The second-order valence-electron chi connectivity index (χ2n) is 7.85. The highest BCUT2D eigenvalue weighted by atomic mass is 19.1. The lowest BCUT2D eigenvalue weighted by Gasteiger charge is -2.24. The fraction of sp³-hybridized carbons (Fsp3) is 0.429. The molecule has 2 heterocycles. The van der Waals surface area contributed by atoms with E-state index in [2.05, 4.69) is 10.3 Å². The molecule has 0 amide bonds. The number of aromatic carboxylic acids is 1. The number of fused-ring (bicyclic) bond motifs is 1. The number of carboxylic acids is 1. The van der Waals surface area contributed by atoms with Crippen LogP contribution in [0.3, 0.4) is 0 Å². The lowest BCUT2D eigenvalue weighted by Crippen LogP contribution is -2.31. The third kappa shape index (κ3) is 3.81. The average Bonchev–Trinajstić information content (AvgIpc) is 3.53. The molecule has 3 N–H and O–H groups in total. The van der Waals surface area contributed by atoms with Gasteiger partial charge in [0.1, 0.15) is 31.3 Å². The molecular formula is C21H24FN5O6. The Bertz CT molecular complexity index is 1240. The number of aromatic nitrogens is 1. The molecule has 1 aromatic heterocycles. The summed E-state index contributed by atoms with van der Waals surface area (Å²) in [6.45, 7) is 0.374. The van der Waals surface area contributed by atoms with Crippen LogP contribution in [-0.2, 0) is 9.68 Å². The van der Waals surface area contributed by atoms with Gasteiger partial charge in [-0.2, -0.15) is 0 Å². The minimum atomic E-state index is -1.37. The number of anilines is 1. The second-order valence-corrected chi connectivity index (χ2v) is 7.85. The van der Waals surface area contributed by atoms with Gasteiger partial charge in [-0.3, -0.25) is 4.79 Å². The van der Waals surface area contributed by atoms with Crippen molar-refractivity contribution in [2.75, 3.05) is 39.3 Å². The topological polar surface area (TPSA) is 141 Å². The van der Waals surface area contributed by atoms with Crippen LogP contribution in [0.2, 0.25) is 0 Å². The smallest absolute Gasteiger partial charge is 0.341 e. The molecule has 11 nitrogen and oxygen atoms in total. The largest absolute Gasteiger partial charge is 0.492 e. The van der Waals surface area contributed by atoms with Gasteiger partial charge in [0.25, 0.3) is 0 Å². The quantitative estimate of drug-likeness (QED) is 0.359. The number of nitrogens with zero attached hydrogens (tertiary/aromatic N) is 4. The number of hydrogen-bond acceptors (Lipinski definition) is 8. The number of halogens is 1. The van der Waals surface area contributed by atoms with Crippen LogP contribution in [0.15, 0.2) is 27.4 Å². The Hall–Kier alpha value is -3.83. The van der Waals surface area contributed by atoms with Crippen LogP contribution < -0.4 is 20.8 Å². The van der Waals surface area contributed by atoms with E-state index in [4.69, 9.17) is 20.1 Å². The molecule has 33 heavy (non-hydrogen) atoms. The first kappa shape index (κ1) is 22.4. The monoisotopic (exact) mass is 461 g/mol. The molecule has 0 radical (unpaired) electrons. The van der Waals surface area contributed by atoms with Crippen molar-refractivity contribution >= 4 is 34.1 Å². The maximum atomic E-state index is 15.5. The summed E-state index contributed by atoms with van der Waals surface area (Å²) in [6.07, 6.45) is 2.93. The van der Waals surface area contributed by atoms with Crippen molar-refractivity contribution in [3.63, 3.8) is 0 Å². The molecule has 2 aromatic rings. The zero-order chi connectivity index (χ0) is 23.9. The number of nitrogens with two attached hydrogens (primary N) is 1. The average molecular weight is 461 g/mol. The molecule has 2 fully saturated rings. The van der Waals surface area contributed by atoms with E-state index in [1.165, 1.54) is 27.5 Å². The number of amidine groups is 1. The molecule has 0 bridgehead atoms. The molecule has 176 valence electrons. The standard InChI is InChI=1S/C21H24FN5O6/c1-31-19-16-11(18(28)13(21(29)30)8-27(16)10-4-5-10)6-14(22)17(19)26-7-12(20(23)25-33-3)15(9-26)24-32-2/h6,8,10,12H,4-5,7,9H2,1-3H3,(H2,23,25)(H,29,30)/b24-15-. The summed E-state index contributed by atoms with van der Waals surface area (Å²) in [7, 11) is 4.13. The number of pyridine rings is 1. The highest BCUT2D eigenvalue weighted by Gasteiger charge is 2.37. The Morgan fingerprint density at radius 3 is 2.58 bits per heavy atom. The molecule has 2 aliphatic rings. The predicted octanol–water partition coefficient (Wildman–Crippen LogP) is 1.54. The molecule has 4 rings (SSSR count). The van der Waals surface area contributed by atoms with E-state index < -0.39 is 28.7 Å². The summed E-state index contributed by atoms with van der Waals surface area (Å²) in [5, 5.41) is 17.2. The van der Waals surface area contributed by atoms with Crippen molar-refractivity contribution in [1.82, 2.24) is 4.57 Å². The fourth-order valence-electron chi connectivity index (χ4n) is 4.23. The Morgan fingerprint density at radius 2 is 2.00 bits per heavy atom. The highest BCUT2D eigenvalue weighted by Crippen LogP contribution is 2.44. The first-order chi connectivity index (χ1) is 15.8. The third-order valence-corrected chi connectivity index (χ3v) is 5.81. The summed E-state index contributed by atoms with van der Waals surface area (Å²) < 4.78 is 22.8. The van der Waals surface area contributed by atoms with Gasteiger partial charge < -0.3 is 34.7 Å². The summed E-state index contributed by atoms with van der Waals surface area (Å²) in [5.41, 5.74) is 5.81. The van der Waals surface area contributed by atoms with Gasteiger partial charge in [0.2, 0.25) is 5.43 Å². The van der Waals surface area contributed by atoms with Crippen LogP contribution in [0, 0.1) is 11.7 Å². The van der Waals surface area contributed by atoms with Crippen molar-refractivity contribution in [1.29, 1.82) is 0 Å².